The second kappa shape index (κ2) is 6.04. The molecule has 0 radical (unpaired) electrons. The van der Waals surface area contributed by atoms with Crippen LogP contribution in [0.1, 0.15) is 10.4 Å². The maximum Gasteiger partial charge on any atom is 0.257 e. The molecule has 0 bridgehead atoms. The smallest absolute Gasteiger partial charge is 0.257 e. The fourth-order valence-electron chi connectivity index (χ4n) is 2.53. The highest BCUT2D eigenvalue weighted by molar-refractivity contribution is 6.04. The molecule has 2 aromatic carbocycles. The Balaban J connectivity index is 1.56. The van der Waals surface area contributed by atoms with Gasteiger partial charge in [0.2, 0.25) is 6.79 Å². The quantitative estimate of drug-likeness (QED) is 0.799. The summed E-state index contributed by atoms with van der Waals surface area (Å²) in [6.45, 7) is 0.204. The van der Waals surface area contributed by atoms with Gasteiger partial charge in [-0.25, -0.2) is 0 Å². The summed E-state index contributed by atoms with van der Waals surface area (Å²) >= 11 is 0. The predicted octanol–water partition coefficient (Wildman–Crippen LogP) is 3.73. The second-order valence-electron chi connectivity index (χ2n) is 5.35. The summed E-state index contributed by atoms with van der Waals surface area (Å²) in [7, 11) is 0. The lowest BCUT2D eigenvalue weighted by Gasteiger charge is -2.07. The van der Waals surface area contributed by atoms with Gasteiger partial charge in [0.15, 0.2) is 11.5 Å². The first-order chi connectivity index (χ1) is 11.8. The van der Waals surface area contributed by atoms with Crippen LogP contribution in [0.15, 0.2) is 67.0 Å². The lowest BCUT2D eigenvalue weighted by atomic mass is 10.1. The molecule has 0 unspecified atom stereocenters. The van der Waals surface area contributed by atoms with E-state index in [4.69, 9.17) is 9.47 Å². The summed E-state index contributed by atoms with van der Waals surface area (Å²) in [5, 5.41) is 2.85. The Hall–Kier alpha value is -3.34. The Bertz CT molecular complexity index is 894. The number of amides is 1. The van der Waals surface area contributed by atoms with Gasteiger partial charge in [-0.3, -0.25) is 9.78 Å². The summed E-state index contributed by atoms with van der Waals surface area (Å²) in [4.78, 5) is 16.7. The van der Waals surface area contributed by atoms with E-state index in [0.717, 1.165) is 11.1 Å². The van der Waals surface area contributed by atoms with Crippen molar-refractivity contribution in [2.75, 3.05) is 12.1 Å². The van der Waals surface area contributed by atoms with Crippen molar-refractivity contribution in [3.05, 3.63) is 72.6 Å². The molecule has 5 nitrogen and oxygen atoms in total. The van der Waals surface area contributed by atoms with Crippen molar-refractivity contribution in [1.29, 1.82) is 0 Å². The van der Waals surface area contributed by atoms with Gasteiger partial charge in [0.1, 0.15) is 0 Å². The van der Waals surface area contributed by atoms with Crippen molar-refractivity contribution in [1.82, 2.24) is 4.98 Å². The average Bonchev–Trinajstić information content (AvgIpc) is 3.10. The fourth-order valence-corrected chi connectivity index (χ4v) is 2.53. The van der Waals surface area contributed by atoms with Crippen molar-refractivity contribution in [2.24, 2.45) is 0 Å². The van der Waals surface area contributed by atoms with Crippen molar-refractivity contribution in [3.8, 4) is 22.6 Å². The van der Waals surface area contributed by atoms with Crippen molar-refractivity contribution >= 4 is 11.6 Å². The van der Waals surface area contributed by atoms with Crippen LogP contribution in [0.3, 0.4) is 0 Å². The summed E-state index contributed by atoms with van der Waals surface area (Å²) in [5.74, 6) is 1.09. The molecule has 1 amide bonds. The highest BCUT2D eigenvalue weighted by atomic mass is 16.7. The van der Waals surface area contributed by atoms with Crippen LogP contribution in [0, 0.1) is 0 Å². The number of hydrogen-bond acceptors (Lipinski definition) is 4. The van der Waals surface area contributed by atoms with Crippen LogP contribution >= 0.6 is 0 Å². The zero-order valence-corrected chi connectivity index (χ0v) is 12.7. The molecule has 0 saturated heterocycles. The van der Waals surface area contributed by atoms with Gasteiger partial charge in [-0.15, -0.1) is 0 Å². The predicted molar refractivity (Wildman–Crippen MR) is 90.2 cm³/mol. The van der Waals surface area contributed by atoms with E-state index in [0.29, 0.717) is 22.7 Å². The topological polar surface area (TPSA) is 60.5 Å². The largest absolute Gasteiger partial charge is 0.454 e. The van der Waals surface area contributed by atoms with Gasteiger partial charge < -0.3 is 14.8 Å². The summed E-state index contributed by atoms with van der Waals surface area (Å²) in [6.07, 6.45) is 3.29. The lowest BCUT2D eigenvalue weighted by Crippen LogP contribution is -2.12. The van der Waals surface area contributed by atoms with Crippen LogP contribution in [0.25, 0.3) is 11.1 Å². The molecule has 1 N–H and O–H groups in total. The molecule has 0 spiro atoms. The minimum Gasteiger partial charge on any atom is -0.454 e. The summed E-state index contributed by atoms with van der Waals surface area (Å²) < 4.78 is 10.6. The highest BCUT2D eigenvalue weighted by Gasteiger charge is 2.15. The Kier molecular flexibility index (Phi) is 3.59. The first-order valence-corrected chi connectivity index (χ1v) is 7.51. The number of nitrogens with one attached hydrogen (secondary N) is 1. The maximum atomic E-state index is 12.5. The lowest BCUT2D eigenvalue weighted by molar-refractivity contribution is 0.102. The van der Waals surface area contributed by atoms with E-state index in [2.05, 4.69) is 10.3 Å². The van der Waals surface area contributed by atoms with Gasteiger partial charge >= 0.3 is 0 Å². The van der Waals surface area contributed by atoms with Crippen LogP contribution in [-0.2, 0) is 0 Å². The van der Waals surface area contributed by atoms with E-state index >= 15 is 0 Å². The molecule has 1 aliphatic heterocycles. The Labute approximate surface area is 138 Å². The molecule has 2 heterocycles. The van der Waals surface area contributed by atoms with Gasteiger partial charge in [-0.05, 0) is 23.8 Å². The van der Waals surface area contributed by atoms with Crippen molar-refractivity contribution in [2.45, 2.75) is 0 Å². The summed E-state index contributed by atoms with van der Waals surface area (Å²) in [6, 6.07) is 16.9. The van der Waals surface area contributed by atoms with Crippen molar-refractivity contribution < 1.29 is 14.3 Å². The number of nitrogens with zero attached hydrogens (tertiary/aromatic N) is 1. The number of carbonyl (C=O) groups is 1. The van der Waals surface area contributed by atoms with Gasteiger partial charge in [-0.1, -0.05) is 30.3 Å². The normalized spacial score (nSPS) is 12.0. The maximum absolute atomic E-state index is 12.5. The minimum atomic E-state index is -0.223. The monoisotopic (exact) mass is 318 g/mol. The zero-order chi connectivity index (χ0) is 16.4. The molecule has 5 heteroatoms. The van der Waals surface area contributed by atoms with Crippen LogP contribution in [0.5, 0.6) is 11.5 Å². The number of fused-ring (bicyclic) bond motifs is 1. The van der Waals surface area contributed by atoms with E-state index in [1.807, 2.05) is 36.4 Å². The van der Waals surface area contributed by atoms with Gasteiger partial charge in [0, 0.05) is 29.7 Å². The van der Waals surface area contributed by atoms with E-state index in [1.165, 1.54) is 0 Å². The number of pyridine rings is 1. The van der Waals surface area contributed by atoms with Gasteiger partial charge in [0.05, 0.1) is 5.56 Å². The Morgan fingerprint density at radius 2 is 1.75 bits per heavy atom. The van der Waals surface area contributed by atoms with Crippen LogP contribution in [0.2, 0.25) is 0 Å². The number of carbonyl (C=O) groups excluding carboxylic acids is 1. The van der Waals surface area contributed by atoms with Crippen LogP contribution in [-0.4, -0.2) is 17.7 Å². The summed E-state index contributed by atoms with van der Waals surface area (Å²) in [5.41, 5.74) is 3.06. The van der Waals surface area contributed by atoms with E-state index < -0.39 is 0 Å². The zero-order valence-electron chi connectivity index (χ0n) is 12.7. The molecule has 4 rings (SSSR count). The molecule has 24 heavy (non-hydrogen) atoms. The number of benzene rings is 2. The van der Waals surface area contributed by atoms with Crippen LogP contribution < -0.4 is 14.8 Å². The molecular formula is C19H14N2O3. The molecule has 0 aliphatic carbocycles. The Morgan fingerprint density at radius 1 is 0.917 bits per heavy atom. The Morgan fingerprint density at radius 3 is 2.62 bits per heavy atom. The number of anilines is 1. The number of ether oxygens (including phenoxy) is 2. The van der Waals surface area contributed by atoms with Gasteiger partial charge in [0.25, 0.3) is 5.91 Å². The standard InChI is InChI=1S/C19H14N2O3/c22-19(21-16-6-7-17-18(9-16)24-12-23-17)15-8-14(10-20-11-15)13-4-2-1-3-5-13/h1-11H,12H2,(H,21,22). The van der Waals surface area contributed by atoms with E-state index in [9.17, 15) is 4.79 Å². The molecule has 1 aromatic heterocycles. The first kappa shape index (κ1) is 14.3. The van der Waals surface area contributed by atoms with Crippen molar-refractivity contribution in [3.63, 3.8) is 0 Å². The SMILES string of the molecule is O=C(Nc1ccc2c(c1)OCO2)c1cncc(-c2ccccc2)c1. The molecule has 0 saturated carbocycles. The highest BCUT2D eigenvalue weighted by Crippen LogP contribution is 2.34. The number of rotatable bonds is 3. The number of hydrogen-bond donors (Lipinski definition) is 1. The van der Waals surface area contributed by atoms with E-state index in [-0.39, 0.29) is 12.7 Å². The fraction of sp³-hybridized carbons (Fsp3) is 0.0526. The molecule has 0 atom stereocenters. The van der Waals surface area contributed by atoms with E-state index in [1.54, 1.807) is 30.6 Å². The second-order valence-corrected chi connectivity index (χ2v) is 5.35. The number of aromatic nitrogens is 1. The molecule has 3 aromatic rings. The minimum absolute atomic E-state index is 0.204. The van der Waals surface area contributed by atoms with Crippen LogP contribution in [0.4, 0.5) is 5.69 Å². The average molecular weight is 318 g/mol. The van der Waals surface area contributed by atoms with Gasteiger partial charge in [-0.2, -0.15) is 0 Å². The third-order valence-corrected chi connectivity index (χ3v) is 3.74. The molecule has 0 fully saturated rings. The third kappa shape index (κ3) is 2.79. The molecule has 118 valence electrons. The third-order valence-electron chi connectivity index (χ3n) is 3.74. The first-order valence-electron chi connectivity index (χ1n) is 7.51. The molecular weight excluding hydrogens is 304 g/mol. The molecule has 1 aliphatic rings.